The molecule has 0 fully saturated rings. The first-order valence-corrected chi connectivity index (χ1v) is 7.66. The molecule has 3 rings (SSSR count). The first-order chi connectivity index (χ1) is 10.3. The Morgan fingerprint density at radius 3 is 2.38 bits per heavy atom. The normalized spacial score (nSPS) is 14.5. The van der Waals surface area contributed by atoms with Gasteiger partial charge in [-0.1, -0.05) is 18.2 Å². The highest BCUT2D eigenvalue weighted by Gasteiger charge is 2.18. The van der Waals surface area contributed by atoms with Crippen molar-refractivity contribution in [2.75, 3.05) is 13.7 Å². The number of rotatable bonds is 3. The van der Waals surface area contributed by atoms with Crippen LogP contribution in [0.5, 0.6) is 5.75 Å². The van der Waals surface area contributed by atoms with Crippen LogP contribution < -0.4 is 4.74 Å². The molecule has 0 atom stereocenters. The van der Waals surface area contributed by atoms with Gasteiger partial charge in [0.25, 0.3) is 0 Å². The van der Waals surface area contributed by atoms with Gasteiger partial charge in [-0.3, -0.25) is 0 Å². The molecule has 0 saturated heterocycles. The van der Waals surface area contributed by atoms with Crippen LogP contribution in [0, 0.1) is 0 Å². The average Bonchev–Trinajstić information content (AvgIpc) is 2.56. The highest BCUT2D eigenvalue weighted by Crippen LogP contribution is 2.30. The van der Waals surface area contributed by atoms with Gasteiger partial charge in [0.2, 0.25) is 5.90 Å². The van der Waals surface area contributed by atoms with E-state index in [1.54, 1.807) is 7.11 Å². The van der Waals surface area contributed by atoms with Gasteiger partial charge in [-0.05, 0) is 59.0 Å². The van der Waals surface area contributed by atoms with Gasteiger partial charge < -0.3 is 9.47 Å². The lowest BCUT2D eigenvalue weighted by molar-refractivity contribution is 0.414. The van der Waals surface area contributed by atoms with Gasteiger partial charge in [0.05, 0.1) is 17.2 Å². The quantitative estimate of drug-likeness (QED) is 0.732. The summed E-state index contributed by atoms with van der Waals surface area (Å²) in [7, 11) is 1.66. The summed E-state index contributed by atoms with van der Waals surface area (Å²) in [6.45, 7) is 0.645. The molecule has 1 aliphatic heterocycles. The largest absolute Gasteiger partial charge is 0.497 e. The third kappa shape index (κ3) is 3.10. The lowest BCUT2D eigenvalue weighted by Gasteiger charge is -2.19. The Morgan fingerprint density at radius 1 is 1.00 bits per heavy atom. The number of halogens is 1. The van der Waals surface area contributed by atoms with E-state index in [1.165, 1.54) is 0 Å². The number of nitrogens with zero attached hydrogens (tertiary/aromatic N) is 1. The van der Waals surface area contributed by atoms with Crippen molar-refractivity contribution in [2.45, 2.75) is 0 Å². The van der Waals surface area contributed by atoms with Crippen LogP contribution in [0.3, 0.4) is 0 Å². The zero-order valence-corrected chi connectivity index (χ0v) is 13.7. The van der Waals surface area contributed by atoms with Crippen molar-refractivity contribution >= 4 is 34.2 Å². The van der Waals surface area contributed by atoms with Crippen LogP contribution in [-0.4, -0.2) is 19.6 Å². The summed E-state index contributed by atoms with van der Waals surface area (Å²) in [5, 5.41) is 0. The van der Waals surface area contributed by atoms with Gasteiger partial charge in [0.15, 0.2) is 0 Å². The minimum atomic E-state index is 0.645. The van der Waals surface area contributed by atoms with Gasteiger partial charge in [-0.2, -0.15) is 0 Å². The number of benzene rings is 2. The predicted octanol–water partition coefficient (Wildman–Crippen LogP) is 4.28. The summed E-state index contributed by atoms with van der Waals surface area (Å²) in [5.74, 6) is 2.37. The molecular formula is C17H14INO2. The summed E-state index contributed by atoms with van der Waals surface area (Å²) in [6.07, 6.45) is 0. The van der Waals surface area contributed by atoms with Crippen LogP contribution in [0.15, 0.2) is 63.2 Å². The molecule has 0 aromatic heterocycles. The molecule has 0 unspecified atom stereocenters. The van der Waals surface area contributed by atoms with Crippen molar-refractivity contribution in [1.82, 2.24) is 0 Å². The number of aliphatic imine (C=N–C) groups is 1. The second-order valence-corrected chi connectivity index (χ2v) is 5.85. The van der Waals surface area contributed by atoms with Crippen molar-refractivity contribution in [3.63, 3.8) is 0 Å². The average molecular weight is 391 g/mol. The number of ether oxygens (including phenoxy) is 2. The molecule has 0 bridgehead atoms. The van der Waals surface area contributed by atoms with Gasteiger partial charge in [-0.25, -0.2) is 4.99 Å². The molecule has 0 amide bonds. The fourth-order valence-corrected chi connectivity index (χ4v) is 2.68. The van der Waals surface area contributed by atoms with Crippen LogP contribution in [0.25, 0.3) is 5.76 Å². The van der Waals surface area contributed by atoms with Crippen molar-refractivity contribution < 1.29 is 9.47 Å². The predicted molar refractivity (Wildman–Crippen MR) is 92.9 cm³/mol. The lowest BCUT2D eigenvalue weighted by atomic mass is 10.1. The van der Waals surface area contributed by atoms with E-state index in [0.717, 1.165) is 26.2 Å². The first-order valence-electron chi connectivity index (χ1n) is 6.59. The van der Waals surface area contributed by atoms with Gasteiger partial charge in [0.1, 0.15) is 11.5 Å². The van der Waals surface area contributed by atoms with Gasteiger partial charge in [-0.15, -0.1) is 0 Å². The van der Waals surface area contributed by atoms with Crippen LogP contribution >= 0.6 is 22.6 Å². The maximum Gasteiger partial charge on any atom is 0.222 e. The SMILES string of the molecule is COc1ccc(C2=C(I)CN=C(c3ccccc3)O2)cc1. The summed E-state index contributed by atoms with van der Waals surface area (Å²) in [6, 6.07) is 17.8. The Morgan fingerprint density at radius 2 is 1.71 bits per heavy atom. The third-order valence-electron chi connectivity index (χ3n) is 3.18. The molecule has 3 nitrogen and oxygen atoms in total. The molecule has 106 valence electrons. The van der Waals surface area contributed by atoms with Crippen molar-refractivity contribution in [3.05, 3.63) is 69.3 Å². The topological polar surface area (TPSA) is 30.8 Å². The molecule has 1 heterocycles. The zero-order chi connectivity index (χ0) is 14.7. The molecule has 0 radical (unpaired) electrons. The highest BCUT2D eigenvalue weighted by molar-refractivity contribution is 14.1. The Kier molecular flexibility index (Phi) is 4.24. The van der Waals surface area contributed by atoms with E-state index in [9.17, 15) is 0 Å². The Bertz CT molecular complexity index is 690. The van der Waals surface area contributed by atoms with Crippen LogP contribution in [0.1, 0.15) is 11.1 Å². The Labute approximate surface area is 137 Å². The van der Waals surface area contributed by atoms with E-state index in [4.69, 9.17) is 9.47 Å². The standard InChI is InChI=1S/C17H14INO2/c1-20-14-9-7-12(8-10-14)16-15(18)11-19-17(21-16)13-5-3-2-4-6-13/h2-10H,11H2,1H3. The van der Waals surface area contributed by atoms with Crippen LogP contribution in [0.4, 0.5) is 0 Å². The first kappa shape index (κ1) is 14.1. The summed E-state index contributed by atoms with van der Waals surface area (Å²) < 4.78 is 12.3. The maximum absolute atomic E-state index is 6.03. The van der Waals surface area contributed by atoms with E-state index in [0.29, 0.717) is 12.4 Å². The molecule has 2 aromatic carbocycles. The van der Waals surface area contributed by atoms with E-state index < -0.39 is 0 Å². The summed E-state index contributed by atoms with van der Waals surface area (Å²) in [5.41, 5.74) is 2.02. The molecule has 21 heavy (non-hydrogen) atoms. The van der Waals surface area contributed by atoms with Crippen molar-refractivity contribution in [2.24, 2.45) is 4.99 Å². The fourth-order valence-electron chi connectivity index (χ4n) is 2.09. The Balaban J connectivity index is 1.88. The molecule has 0 spiro atoms. The van der Waals surface area contributed by atoms with E-state index in [2.05, 4.69) is 27.6 Å². The second kappa shape index (κ2) is 6.30. The van der Waals surface area contributed by atoms with Gasteiger partial charge >= 0.3 is 0 Å². The minimum absolute atomic E-state index is 0.645. The third-order valence-corrected chi connectivity index (χ3v) is 4.01. The summed E-state index contributed by atoms with van der Waals surface area (Å²) in [4.78, 5) is 4.49. The number of methoxy groups -OCH3 is 1. The fraction of sp³-hybridized carbons (Fsp3) is 0.118. The molecule has 4 heteroatoms. The molecule has 0 saturated carbocycles. The number of hydrogen-bond acceptors (Lipinski definition) is 3. The van der Waals surface area contributed by atoms with Crippen molar-refractivity contribution in [1.29, 1.82) is 0 Å². The van der Waals surface area contributed by atoms with E-state index in [-0.39, 0.29) is 0 Å². The zero-order valence-electron chi connectivity index (χ0n) is 11.5. The monoisotopic (exact) mass is 391 g/mol. The lowest BCUT2D eigenvalue weighted by Crippen LogP contribution is -2.13. The van der Waals surface area contributed by atoms with Crippen LogP contribution in [0.2, 0.25) is 0 Å². The van der Waals surface area contributed by atoms with E-state index >= 15 is 0 Å². The molecular weight excluding hydrogens is 377 g/mol. The molecule has 1 aliphatic rings. The molecule has 0 N–H and O–H groups in total. The number of hydrogen-bond donors (Lipinski definition) is 0. The van der Waals surface area contributed by atoms with Crippen LogP contribution in [-0.2, 0) is 4.74 Å². The smallest absolute Gasteiger partial charge is 0.222 e. The van der Waals surface area contributed by atoms with Gasteiger partial charge in [0, 0.05) is 11.1 Å². The second-order valence-electron chi connectivity index (χ2n) is 4.55. The molecule has 2 aromatic rings. The highest BCUT2D eigenvalue weighted by atomic mass is 127. The van der Waals surface area contributed by atoms with Crippen molar-refractivity contribution in [3.8, 4) is 5.75 Å². The Hall–Kier alpha value is -1.82. The minimum Gasteiger partial charge on any atom is -0.497 e. The maximum atomic E-state index is 6.03. The summed E-state index contributed by atoms with van der Waals surface area (Å²) >= 11 is 2.29. The molecule has 0 aliphatic carbocycles. The van der Waals surface area contributed by atoms with E-state index in [1.807, 2.05) is 54.6 Å².